The molecule has 0 aromatic heterocycles. The first-order valence-electron chi connectivity index (χ1n) is 5.82. The molecule has 0 amide bonds. The molecule has 19 heavy (non-hydrogen) atoms. The lowest BCUT2D eigenvalue weighted by molar-refractivity contribution is -0.141. The summed E-state index contributed by atoms with van der Waals surface area (Å²) in [5.74, 6) is -1.59. The van der Waals surface area contributed by atoms with E-state index in [2.05, 4.69) is 0 Å². The van der Waals surface area contributed by atoms with Crippen LogP contribution in [0.25, 0.3) is 0 Å². The number of halogens is 1. The Hall–Kier alpha value is -1.11. The van der Waals surface area contributed by atoms with Gasteiger partial charge in [-0.2, -0.15) is 4.31 Å². The molecular formula is C12H14ClNO4S. The van der Waals surface area contributed by atoms with Crippen molar-refractivity contribution in [3.63, 3.8) is 0 Å². The summed E-state index contributed by atoms with van der Waals surface area (Å²) in [6, 6.07) is 4.69. The maximum atomic E-state index is 12.5. The number of carboxylic acids is 1. The summed E-state index contributed by atoms with van der Waals surface area (Å²) >= 11 is 5.93. The van der Waals surface area contributed by atoms with Gasteiger partial charge >= 0.3 is 5.97 Å². The minimum absolute atomic E-state index is 0.0175. The van der Waals surface area contributed by atoms with E-state index in [9.17, 15) is 13.2 Å². The van der Waals surface area contributed by atoms with Crippen molar-refractivity contribution in [3.8, 4) is 0 Å². The predicted octanol–water partition coefficient (Wildman–Crippen LogP) is 1.74. The van der Waals surface area contributed by atoms with E-state index in [-0.39, 0.29) is 18.0 Å². The zero-order valence-electron chi connectivity index (χ0n) is 10.3. The summed E-state index contributed by atoms with van der Waals surface area (Å²) in [4.78, 5) is 11.0. The number of carboxylic acid groups (broad SMARTS) is 1. The molecule has 1 aliphatic heterocycles. The average molecular weight is 304 g/mol. The third-order valence-corrected chi connectivity index (χ3v) is 5.76. The molecule has 1 aliphatic rings. The van der Waals surface area contributed by atoms with Gasteiger partial charge in [0.05, 0.1) is 10.8 Å². The largest absolute Gasteiger partial charge is 0.481 e. The van der Waals surface area contributed by atoms with Gasteiger partial charge in [-0.15, -0.1) is 0 Å². The molecule has 1 N–H and O–H groups in total. The maximum absolute atomic E-state index is 12.5. The first kappa shape index (κ1) is 14.3. The lowest BCUT2D eigenvalue weighted by Gasteiger charge is -2.17. The van der Waals surface area contributed by atoms with Crippen LogP contribution in [0.15, 0.2) is 23.1 Å². The highest BCUT2D eigenvalue weighted by atomic mass is 35.5. The van der Waals surface area contributed by atoms with Crippen LogP contribution in [0.1, 0.15) is 12.0 Å². The van der Waals surface area contributed by atoms with E-state index >= 15 is 0 Å². The number of nitrogens with zero attached hydrogens (tertiary/aromatic N) is 1. The molecular weight excluding hydrogens is 290 g/mol. The van der Waals surface area contributed by atoms with Crippen LogP contribution in [0.4, 0.5) is 0 Å². The number of hydrogen-bond acceptors (Lipinski definition) is 3. The highest BCUT2D eigenvalue weighted by Gasteiger charge is 2.36. The second kappa shape index (κ2) is 5.11. The van der Waals surface area contributed by atoms with Crippen LogP contribution in [-0.2, 0) is 14.8 Å². The van der Waals surface area contributed by atoms with Crippen LogP contribution in [0.5, 0.6) is 0 Å². The monoisotopic (exact) mass is 303 g/mol. The molecule has 1 aromatic rings. The quantitative estimate of drug-likeness (QED) is 0.923. The number of rotatable bonds is 3. The van der Waals surface area contributed by atoms with E-state index < -0.39 is 21.9 Å². The van der Waals surface area contributed by atoms with Gasteiger partial charge in [-0.25, -0.2) is 8.42 Å². The van der Waals surface area contributed by atoms with Crippen LogP contribution in [0.3, 0.4) is 0 Å². The van der Waals surface area contributed by atoms with Gasteiger partial charge in [0.1, 0.15) is 0 Å². The first-order valence-corrected chi connectivity index (χ1v) is 7.64. The Kier molecular flexibility index (Phi) is 3.85. The van der Waals surface area contributed by atoms with Crippen molar-refractivity contribution in [2.75, 3.05) is 13.1 Å². The topological polar surface area (TPSA) is 74.7 Å². The second-order valence-corrected chi connectivity index (χ2v) is 6.86. The summed E-state index contributed by atoms with van der Waals surface area (Å²) in [6.07, 6.45) is 0.341. The molecule has 0 radical (unpaired) electrons. The van der Waals surface area contributed by atoms with Gasteiger partial charge in [0.15, 0.2) is 0 Å². The molecule has 1 heterocycles. The highest BCUT2D eigenvalue weighted by Crippen LogP contribution is 2.29. The van der Waals surface area contributed by atoms with Crippen LogP contribution in [0, 0.1) is 12.8 Å². The van der Waals surface area contributed by atoms with Crippen molar-refractivity contribution in [2.24, 2.45) is 5.92 Å². The molecule has 0 aliphatic carbocycles. The molecule has 7 heteroatoms. The van der Waals surface area contributed by atoms with Gasteiger partial charge in [0.25, 0.3) is 0 Å². The minimum Gasteiger partial charge on any atom is -0.481 e. The minimum atomic E-state index is -3.67. The molecule has 1 atom stereocenters. The molecule has 5 nitrogen and oxygen atoms in total. The van der Waals surface area contributed by atoms with Crippen molar-refractivity contribution < 1.29 is 18.3 Å². The second-order valence-electron chi connectivity index (χ2n) is 4.55. The first-order chi connectivity index (χ1) is 8.84. The molecule has 0 spiro atoms. The van der Waals surface area contributed by atoms with Gasteiger partial charge in [-0.05, 0) is 31.0 Å². The van der Waals surface area contributed by atoms with Crippen molar-refractivity contribution in [1.29, 1.82) is 0 Å². The molecule has 1 aromatic carbocycles. The zero-order chi connectivity index (χ0) is 14.2. The molecule has 1 fully saturated rings. The number of carbonyl (C=O) groups is 1. The van der Waals surface area contributed by atoms with Crippen LogP contribution >= 0.6 is 11.6 Å². The zero-order valence-corrected chi connectivity index (χ0v) is 11.9. The lowest BCUT2D eigenvalue weighted by Crippen LogP contribution is -2.30. The molecule has 0 saturated carbocycles. The third kappa shape index (κ3) is 2.61. The van der Waals surface area contributed by atoms with Crippen LogP contribution in [0.2, 0.25) is 5.02 Å². The summed E-state index contributed by atoms with van der Waals surface area (Å²) < 4.78 is 26.1. The van der Waals surface area contributed by atoms with E-state index in [1.807, 2.05) is 0 Å². The smallest absolute Gasteiger partial charge is 0.307 e. The molecule has 1 saturated heterocycles. The van der Waals surface area contributed by atoms with E-state index in [4.69, 9.17) is 16.7 Å². The Bertz CT molecular complexity index is 614. The summed E-state index contributed by atoms with van der Waals surface area (Å²) in [5.41, 5.74) is 0.489. The lowest BCUT2D eigenvalue weighted by atomic mass is 10.1. The van der Waals surface area contributed by atoms with E-state index in [1.54, 1.807) is 19.1 Å². The van der Waals surface area contributed by atoms with Gasteiger partial charge < -0.3 is 5.11 Å². The fourth-order valence-electron chi connectivity index (χ4n) is 2.15. The maximum Gasteiger partial charge on any atom is 0.307 e. The fourth-order valence-corrected chi connectivity index (χ4v) is 4.13. The predicted molar refractivity (Wildman–Crippen MR) is 70.7 cm³/mol. The van der Waals surface area contributed by atoms with Gasteiger partial charge in [-0.3, -0.25) is 4.79 Å². The summed E-state index contributed by atoms with van der Waals surface area (Å²) in [6.45, 7) is 1.88. The van der Waals surface area contributed by atoms with Crippen molar-refractivity contribution in [3.05, 3.63) is 28.8 Å². The van der Waals surface area contributed by atoms with E-state index in [0.29, 0.717) is 17.0 Å². The Balaban J connectivity index is 2.34. The Morgan fingerprint density at radius 3 is 2.74 bits per heavy atom. The van der Waals surface area contributed by atoms with Crippen LogP contribution in [-0.4, -0.2) is 36.9 Å². The van der Waals surface area contributed by atoms with Crippen molar-refractivity contribution >= 4 is 27.6 Å². The number of aliphatic carboxylic acids is 1. The molecule has 0 bridgehead atoms. The fraction of sp³-hybridized carbons (Fsp3) is 0.417. The van der Waals surface area contributed by atoms with Gasteiger partial charge in [-0.1, -0.05) is 17.7 Å². The van der Waals surface area contributed by atoms with Gasteiger partial charge in [0.2, 0.25) is 10.0 Å². The average Bonchev–Trinajstić information content (AvgIpc) is 2.82. The summed E-state index contributed by atoms with van der Waals surface area (Å²) in [7, 11) is -3.67. The molecule has 2 rings (SSSR count). The normalized spacial score (nSPS) is 20.6. The number of hydrogen-bond donors (Lipinski definition) is 1. The number of sulfonamides is 1. The Morgan fingerprint density at radius 1 is 1.47 bits per heavy atom. The Morgan fingerprint density at radius 2 is 2.16 bits per heavy atom. The SMILES string of the molecule is Cc1c(Cl)cccc1S(=O)(=O)N1CC[C@@H](C(=O)O)C1. The third-order valence-electron chi connectivity index (χ3n) is 3.34. The van der Waals surface area contributed by atoms with E-state index in [1.165, 1.54) is 10.4 Å². The molecule has 104 valence electrons. The van der Waals surface area contributed by atoms with Crippen molar-refractivity contribution in [2.45, 2.75) is 18.2 Å². The van der Waals surface area contributed by atoms with Crippen molar-refractivity contribution in [1.82, 2.24) is 4.31 Å². The van der Waals surface area contributed by atoms with Crippen LogP contribution < -0.4 is 0 Å². The standard InChI is InChI=1S/C12H14ClNO4S/c1-8-10(13)3-2-4-11(8)19(17,18)14-6-5-9(7-14)12(15)16/h2-4,9H,5-7H2,1H3,(H,15,16)/t9-/m1/s1. The summed E-state index contributed by atoms with van der Waals surface area (Å²) in [5, 5.41) is 9.31. The highest BCUT2D eigenvalue weighted by molar-refractivity contribution is 7.89. The molecule has 0 unspecified atom stereocenters. The number of benzene rings is 1. The van der Waals surface area contributed by atoms with E-state index in [0.717, 1.165) is 0 Å². The van der Waals surface area contributed by atoms with Gasteiger partial charge in [0, 0.05) is 18.1 Å². The Labute approximate surface area is 116 Å².